The van der Waals surface area contributed by atoms with Gasteiger partial charge in [0.15, 0.2) is 0 Å². The number of aliphatic imine (C=N–C) groups is 2. The third kappa shape index (κ3) is 8.05. The monoisotopic (exact) mass is 554 g/mol. The van der Waals surface area contributed by atoms with Crippen LogP contribution in [0.2, 0.25) is 0 Å². The van der Waals surface area contributed by atoms with Crippen molar-refractivity contribution >= 4 is 12.2 Å². The number of carbonyl (C=O) groups excluding carboxylic acids is 2. The van der Waals surface area contributed by atoms with Crippen molar-refractivity contribution in [1.82, 2.24) is 0 Å². The van der Waals surface area contributed by atoms with E-state index in [1.165, 1.54) is 69.9 Å². The highest BCUT2D eigenvalue weighted by atomic mass is 16.3. The third-order valence-electron chi connectivity index (χ3n) is 11.7. The molecule has 4 rings (SSSR count). The Morgan fingerprint density at radius 3 is 2.17 bits per heavy atom. The van der Waals surface area contributed by atoms with Crippen LogP contribution >= 0.6 is 0 Å². The predicted octanol–water partition coefficient (Wildman–Crippen LogP) is 8.61. The van der Waals surface area contributed by atoms with Crippen LogP contribution in [-0.4, -0.2) is 36.5 Å². The average Bonchev–Trinajstić information content (AvgIpc) is 3.28. The Labute approximate surface area is 244 Å². The van der Waals surface area contributed by atoms with Gasteiger partial charge in [-0.15, -0.1) is 0 Å². The van der Waals surface area contributed by atoms with E-state index in [1.807, 2.05) is 0 Å². The molecule has 226 valence electrons. The molecule has 0 amide bonds. The molecule has 1 unspecified atom stereocenters. The number of hydrogen-bond donors (Lipinski definition) is 1. The van der Waals surface area contributed by atoms with Gasteiger partial charge in [-0.3, -0.25) is 0 Å². The van der Waals surface area contributed by atoms with Gasteiger partial charge in [0.05, 0.1) is 19.2 Å². The van der Waals surface area contributed by atoms with Crippen LogP contribution in [0.1, 0.15) is 131 Å². The molecule has 3 saturated carbocycles. The maximum Gasteiger partial charge on any atom is 0.234 e. The number of fused-ring (bicyclic) bond motifs is 5. The van der Waals surface area contributed by atoms with Gasteiger partial charge in [-0.25, -0.2) is 19.6 Å². The molecule has 4 aliphatic carbocycles. The lowest BCUT2D eigenvalue weighted by atomic mass is 9.47. The average molecular weight is 555 g/mol. The summed E-state index contributed by atoms with van der Waals surface area (Å²) in [4.78, 5) is 26.1. The van der Waals surface area contributed by atoms with E-state index in [1.54, 1.807) is 5.57 Å². The number of aliphatic hydroxyl groups is 1. The van der Waals surface area contributed by atoms with Gasteiger partial charge < -0.3 is 5.11 Å². The molecular weight excluding hydrogens is 496 g/mol. The number of rotatable bonds is 12. The molecule has 5 nitrogen and oxygen atoms in total. The molecule has 0 radical (unpaired) electrons. The van der Waals surface area contributed by atoms with Gasteiger partial charge in [0.1, 0.15) is 0 Å². The van der Waals surface area contributed by atoms with Crippen molar-refractivity contribution in [2.75, 3.05) is 13.1 Å². The van der Waals surface area contributed by atoms with E-state index in [4.69, 9.17) is 0 Å². The van der Waals surface area contributed by atoms with E-state index in [9.17, 15) is 14.7 Å². The van der Waals surface area contributed by atoms with Gasteiger partial charge in [0.2, 0.25) is 12.2 Å². The van der Waals surface area contributed by atoms with Gasteiger partial charge in [-0.1, -0.05) is 78.4 Å². The lowest BCUT2D eigenvalue weighted by molar-refractivity contribution is -0.0573. The summed E-state index contributed by atoms with van der Waals surface area (Å²) in [5.74, 6) is 5.46. The van der Waals surface area contributed by atoms with Crippen LogP contribution in [-0.2, 0) is 9.59 Å². The minimum Gasteiger partial charge on any atom is -0.393 e. The summed E-state index contributed by atoms with van der Waals surface area (Å²) in [6.45, 7) is 13.7. The maximum absolute atomic E-state index is 10.2. The van der Waals surface area contributed by atoms with E-state index in [0.29, 0.717) is 23.9 Å². The van der Waals surface area contributed by atoms with E-state index < -0.39 is 0 Å². The third-order valence-corrected chi connectivity index (χ3v) is 11.7. The zero-order valence-corrected chi connectivity index (χ0v) is 26.3. The molecule has 3 fully saturated rings. The van der Waals surface area contributed by atoms with E-state index >= 15 is 0 Å². The molecule has 0 aromatic heterocycles. The van der Waals surface area contributed by atoms with Crippen LogP contribution in [0, 0.1) is 46.3 Å². The normalized spacial score (nSPS) is 35.1. The Balaban J connectivity index is 0.000000312. The Morgan fingerprint density at radius 1 is 0.875 bits per heavy atom. The number of nitrogens with zero attached hydrogens (tertiary/aromatic N) is 2. The summed E-state index contributed by atoms with van der Waals surface area (Å²) in [5, 5.41) is 10.2. The highest BCUT2D eigenvalue weighted by Gasteiger charge is 2.59. The Hall–Kier alpha value is -1.54. The summed E-state index contributed by atoms with van der Waals surface area (Å²) < 4.78 is 0. The molecule has 8 atom stereocenters. The fourth-order valence-electron chi connectivity index (χ4n) is 9.49. The summed E-state index contributed by atoms with van der Waals surface area (Å²) >= 11 is 0. The summed E-state index contributed by atoms with van der Waals surface area (Å²) in [6, 6.07) is 0. The topological polar surface area (TPSA) is 79.1 Å². The standard InChI is InChI=1S/C27H46O.C8H12N2O2/c1-18(2)7-6-8-19(3)23-11-12-24-22-10-9-20-17-21(28)13-15-26(20,4)25(22)14-16-27(23,24)5;11-7-9-5-3-1-2-4-6-10-8-12/h9,18-19,21-25,28H,6-8,10-17H2,1-5H3;1-6H2/t19?,21-,22-,23+,24-,25-,26-,27+;/m0./s1. The first kappa shape index (κ1) is 33.0. The van der Waals surface area contributed by atoms with E-state index in [-0.39, 0.29) is 6.10 Å². The lowest BCUT2D eigenvalue weighted by Crippen LogP contribution is -2.50. The molecule has 5 heteroatoms. The van der Waals surface area contributed by atoms with Crippen LogP contribution in [0.15, 0.2) is 21.6 Å². The fraction of sp³-hybridized carbons (Fsp3) is 0.886. The second-order valence-electron chi connectivity index (χ2n) is 14.5. The minimum atomic E-state index is -0.0766. The second kappa shape index (κ2) is 15.6. The second-order valence-corrected chi connectivity index (χ2v) is 14.5. The molecule has 1 N–H and O–H groups in total. The number of isocyanates is 2. The Kier molecular flexibility index (Phi) is 12.9. The first-order valence-electron chi connectivity index (χ1n) is 16.6. The molecule has 0 spiro atoms. The van der Waals surface area contributed by atoms with Crippen LogP contribution in [0.25, 0.3) is 0 Å². The first-order valence-corrected chi connectivity index (χ1v) is 16.6. The van der Waals surface area contributed by atoms with Crippen molar-refractivity contribution in [3.63, 3.8) is 0 Å². The first-order chi connectivity index (χ1) is 19.2. The van der Waals surface area contributed by atoms with Gasteiger partial charge in [-0.2, -0.15) is 0 Å². The smallest absolute Gasteiger partial charge is 0.234 e. The van der Waals surface area contributed by atoms with Crippen molar-refractivity contribution < 1.29 is 14.7 Å². The van der Waals surface area contributed by atoms with Crippen molar-refractivity contribution in [2.45, 2.75) is 137 Å². The molecule has 0 aromatic carbocycles. The van der Waals surface area contributed by atoms with E-state index in [0.717, 1.165) is 74.0 Å². The minimum absolute atomic E-state index is 0.0766. The molecule has 4 aliphatic rings. The molecule has 40 heavy (non-hydrogen) atoms. The summed E-state index contributed by atoms with van der Waals surface area (Å²) in [5.41, 5.74) is 2.60. The van der Waals surface area contributed by atoms with Gasteiger partial charge in [0, 0.05) is 0 Å². The number of unbranched alkanes of at least 4 members (excludes halogenated alkanes) is 3. The predicted molar refractivity (Wildman–Crippen MR) is 163 cm³/mol. The van der Waals surface area contributed by atoms with Crippen LogP contribution in [0.5, 0.6) is 0 Å². The Bertz CT molecular complexity index is 896. The van der Waals surface area contributed by atoms with E-state index in [2.05, 4.69) is 50.7 Å². The summed E-state index contributed by atoms with van der Waals surface area (Å²) in [7, 11) is 0. The van der Waals surface area contributed by atoms with Crippen LogP contribution < -0.4 is 0 Å². The van der Waals surface area contributed by atoms with Crippen LogP contribution in [0.4, 0.5) is 0 Å². The van der Waals surface area contributed by atoms with Crippen molar-refractivity contribution in [3.8, 4) is 0 Å². The molecule has 0 aliphatic heterocycles. The largest absolute Gasteiger partial charge is 0.393 e. The highest BCUT2D eigenvalue weighted by Crippen LogP contribution is 2.67. The quantitative estimate of drug-likeness (QED) is 0.113. The fourth-order valence-corrected chi connectivity index (χ4v) is 9.49. The summed E-state index contributed by atoms with van der Waals surface area (Å²) in [6.07, 6.45) is 24.0. The van der Waals surface area contributed by atoms with Gasteiger partial charge in [0.25, 0.3) is 0 Å². The van der Waals surface area contributed by atoms with Crippen molar-refractivity contribution in [2.24, 2.45) is 56.3 Å². The number of hydrogen-bond acceptors (Lipinski definition) is 5. The molecule has 0 aromatic rings. The molecule has 0 heterocycles. The van der Waals surface area contributed by atoms with Crippen LogP contribution in [0.3, 0.4) is 0 Å². The Morgan fingerprint density at radius 2 is 1.55 bits per heavy atom. The zero-order chi connectivity index (χ0) is 29.2. The van der Waals surface area contributed by atoms with Crippen molar-refractivity contribution in [3.05, 3.63) is 11.6 Å². The highest BCUT2D eigenvalue weighted by molar-refractivity contribution is 5.33. The van der Waals surface area contributed by atoms with Gasteiger partial charge >= 0.3 is 0 Å². The molecular formula is C35H58N2O3. The molecule has 0 saturated heterocycles. The zero-order valence-electron chi connectivity index (χ0n) is 26.3. The maximum atomic E-state index is 10.2. The van der Waals surface area contributed by atoms with Gasteiger partial charge in [-0.05, 0) is 111 Å². The molecule has 0 bridgehead atoms. The SMILES string of the molecule is CC(C)CCCC(C)[C@H]1CC[C@H]2[C@@H]3CC=C4C[C@@H](O)CC[C@]4(C)[C@H]3CC[C@]12C.O=C=NCCCCCCN=C=O. The number of aliphatic hydroxyl groups excluding tert-OH is 1. The van der Waals surface area contributed by atoms with Crippen molar-refractivity contribution in [1.29, 1.82) is 0 Å². The lowest BCUT2D eigenvalue weighted by Gasteiger charge is -2.58. The number of allylic oxidation sites excluding steroid dienone is 1.